The number of para-hydroxylation sites is 1. The van der Waals surface area contributed by atoms with Crippen molar-refractivity contribution in [1.29, 1.82) is 0 Å². The molecule has 1 heterocycles. The molecule has 1 aliphatic heterocycles. The number of anilines is 1. The fraction of sp³-hybridized carbons (Fsp3) is 0.474. The molecule has 0 bridgehead atoms. The summed E-state index contributed by atoms with van der Waals surface area (Å²) in [6, 6.07) is 6.11. The summed E-state index contributed by atoms with van der Waals surface area (Å²) >= 11 is 0. The predicted octanol–water partition coefficient (Wildman–Crippen LogP) is 1.85. The van der Waals surface area contributed by atoms with Crippen molar-refractivity contribution in [3.05, 3.63) is 29.8 Å². The molecule has 2 N–H and O–H groups in total. The molecule has 4 amide bonds. The van der Waals surface area contributed by atoms with E-state index in [4.69, 9.17) is 5.11 Å². The highest BCUT2D eigenvalue weighted by molar-refractivity contribution is 6.10. The van der Waals surface area contributed by atoms with E-state index in [2.05, 4.69) is 5.32 Å². The van der Waals surface area contributed by atoms with Crippen LogP contribution in [0.15, 0.2) is 24.3 Å². The maximum Gasteiger partial charge on any atom is 0.327 e. The molecule has 0 radical (unpaired) electrons. The van der Waals surface area contributed by atoms with Crippen LogP contribution >= 0.6 is 0 Å². The van der Waals surface area contributed by atoms with Crippen molar-refractivity contribution >= 4 is 29.5 Å². The van der Waals surface area contributed by atoms with Gasteiger partial charge in [0.2, 0.25) is 5.91 Å². The van der Waals surface area contributed by atoms with Crippen LogP contribution in [0, 0.1) is 0 Å². The van der Waals surface area contributed by atoms with E-state index in [0.717, 1.165) is 24.2 Å². The number of nitrogens with zero attached hydrogens (tertiary/aromatic N) is 2. The van der Waals surface area contributed by atoms with Crippen LogP contribution in [0.3, 0.4) is 0 Å². The minimum absolute atomic E-state index is 0.232. The molecule has 1 aliphatic carbocycles. The number of rotatable bonds is 5. The van der Waals surface area contributed by atoms with Crippen LogP contribution in [0.1, 0.15) is 37.7 Å². The summed E-state index contributed by atoms with van der Waals surface area (Å²) in [5.74, 6) is -1.86. The zero-order valence-electron chi connectivity index (χ0n) is 15.2. The monoisotopic (exact) mass is 373 g/mol. The van der Waals surface area contributed by atoms with Crippen molar-refractivity contribution in [2.45, 2.75) is 44.1 Å². The largest absolute Gasteiger partial charge is 0.481 e. The van der Waals surface area contributed by atoms with Crippen molar-refractivity contribution < 1.29 is 24.3 Å². The molecule has 1 aromatic rings. The summed E-state index contributed by atoms with van der Waals surface area (Å²) in [6.45, 7) is -0.384. The number of amides is 4. The highest BCUT2D eigenvalue weighted by Crippen LogP contribution is 2.39. The number of nitrogens with one attached hydrogen (secondary N) is 1. The average Bonchev–Trinajstić information content (AvgIpc) is 2.80. The second-order valence-electron chi connectivity index (χ2n) is 7.10. The van der Waals surface area contributed by atoms with Crippen LogP contribution in [-0.2, 0) is 20.8 Å². The molecule has 1 spiro atoms. The molecule has 1 saturated carbocycles. The Kier molecular flexibility index (Phi) is 5.16. The number of carboxylic acid groups (broad SMARTS) is 1. The summed E-state index contributed by atoms with van der Waals surface area (Å²) in [6.07, 6.45) is 3.81. The summed E-state index contributed by atoms with van der Waals surface area (Å²) in [4.78, 5) is 51.4. The van der Waals surface area contributed by atoms with Gasteiger partial charge in [0.25, 0.3) is 5.91 Å². The van der Waals surface area contributed by atoms with Gasteiger partial charge >= 0.3 is 12.0 Å². The summed E-state index contributed by atoms with van der Waals surface area (Å²) in [5.41, 5.74) is -0.000348. The Balaban J connectivity index is 1.72. The molecule has 0 unspecified atom stereocenters. The lowest BCUT2D eigenvalue weighted by Crippen LogP contribution is -2.49. The van der Waals surface area contributed by atoms with Crippen LogP contribution in [0.5, 0.6) is 0 Å². The Morgan fingerprint density at radius 2 is 1.81 bits per heavy atom. The van der Waals surface area contributed by atoms with Crippen molar-refractivity contribution in [3.63, 3.8) is 0 Å². The Morgan fingerprint density at radius 3 is 2.48 bits per heavy atom. The van der Waals surface area contributed by atoms with E-state index >= 15 is 0 Å². The highest BCUT2D eigenvalue weighted by Gasteiger charge is 2.55. The van der Waals surface area contributed by atoms with Gasteiger partial charge in [-0.2, -0.15) is 0 Å². The van der Waals surface area contributed by atoms with Gasteiger partial charge in [0.1, 0.15) is 12.1 Å². The highest BCUT2D eigenvalue weighted by atomic mass is 16.4. The molecule has 8 heteroatoms. The van der Waals surface area contributed by atoms with Gasteiger partial charge in [-0.25, -0.2) is 4.79 Å². The van der Waals surface area contributed by atoms with Gasteiger partial charge in [0.05, 0.1) is 6.42 Å². The van der Waals surface area contributed by atoms with Gasteiger partial charge in [-0.1, -0.05) is 37.5 Å². The van der Waals surface area contributed by atoms with Gasteiger partial charge in [-0.3, -0.25) is 19.3 Å². The molecule has 1 saturated heterocycles. The number of carbonyl (C=O) groups excluding carboxylic acids is 3. The Morgan fingerprint density at radius 1 is 1.15 bits per heavy atom. The molecule has 3 rings (SSSR count). The van der Waals surface area contributed by atoms with E-state index in [9.17, 15) is 19.2 Å². The van der Waals surface area contributed by atoms with Gasteiger partial charge in [-0.15, -0.1) is 0 Å². The fourth-order valence-electron chi connectivity index (χ4n) is 3.96. The molecule has 2 fully saturated rings. The SMILES string of the molecule is CN1C(=O)N(CC(=O)Nc2ccccc2CC(=O)O)C(=O)C12CCCCC2. The first-order chi connectivity index (χ1) is 12.8. The number of imide groups is 1. The lowest BCUT2D eigenvalue weighted by atomic mass is 9.81. The third-order valence-electron chi connectivity index (χ3n) is 5.42. The van der Waals surface area contributed by atoms with Gasteiger partial charge in [-0.05, 0) is 24.5 Å². The Hall–Kier alpha value is -2.90. The molecular formula is C19H23N3O5. The van der Waals surface area contributed by atoms with E-state index in [1.54, 1.807) is 31.3 Å². The summed E-state index contributed by atoms with van der Waals surface area (Å²) in [5, 5.41) is 11.6. The average molecular weight is 373 g/mol. The second-order valence-corrected chi connectivity index (χ2v) is 7.10. The van der Waals surface area contributed by atoms with Crippen LogP contribution in [0.4, 0.5) is 10.5 Å². The van der Waals surface area contributed by atoms with Crippen LogP contribution in [0.25, 0.3) is 0 Å². The van der Waals surface area contributed by atoms with E-state index < -0.39 is 23.4 Å². The molecular weight excluding hydrogens is 350 g/mol. The third kappa shape index (κ3) is 3.51. The first kappa shape index (κ1) is 18.9. The smallest absolute Gasteiger partial charge is 0.327 e. The van der Waals surface area contributed by atoms with Crippen molar-refractivity contribution in [1.82, 2.24) is 9.80 Å². The van der Waals surface area contributed by atoms with Gasteiger partial charge in [0.15, 0.2) is 0 Å². The zero-order valence-corrected chi connectivity index (χ0v) is 15.2. The zero-order chi connectivity index (χ0) is 19.6. The Labute approximate surface area is 157 Å². The minimum atomic E-state index is -1.01. The molecule has 2 aliphatic rings. The maximum atomic E-state index is 12.9. The molecule has 144 valence electrons. The van der Waals surface area contributed by atoms with E-state index in [1.165, 1.54) is 4.90 Å². The number of likely N-dealkylation sites (N-methyl/N-ethyl adjacent to an activating group) is 1. The summed E-state index contributed by atoms with van der Waals surface area (Å²) < 4.78 is 0. The fourth-order valence-corrected chi connectivity index (χ4v) is 3.96. The molecule has 8 nitrogen and oxygen atoms in total. The lowest BCUT2D eigenvalue weighted by Gasteiger charge is -2.35. The molecule has 1 aromatic carbocycles. The predicted molar refractivity (Wildman–Crippen MR) is 97.1 cm³/mol. The first-order valence-corrected chi connectivity index (χ1v) is 9.04. The van der Waals surface area contributed by atoms with E-state index in [-0.39, 0.29) is 18.9 Å². The normalized spacial score (nSPS) is 18.9. The number of benzene rings is 1. The number of carboxylic acids is 1. The Bertz CT molecular complexity index is 785. The van der Waals surface area contributed by atoms with Crippen molar-refractivity contribution in [2.24, 2.45) is 0 Å². The summed E-state index contributed by atoms with van der Waals surface area (Å²) in [7, 11) is 1.62. The number of aliphatic carboxylic acids is 1. The quantitative estimate of drug-likeness (QED) is 0.766. The van der Waals surface area contributed by atoms with Crippen molar-refractivity contribution in [2.75, 3.05) is 18.9 Å². The number of hydrogen-bond donors (Lipinski definition) is 2. The number of urea groups is 1. The second kappa shape index (κ2) is 7.38. The molecule has 27 heavy (non-hydrogen) atoms. The van der Waals surface area contributed by atoms with Crippen LogP contribution < -0.4 is 5.32 Å². The topological polar surface area (TPSA) is 107 Å². The molecule has 0 aromatic heterocycles. The number of hydrogen-bond acceptors (Lipinski definition) is 4. The minimum Gasteiger partial charge on any atom is -0.481 e. The van der Waals surface area contributed by atoms with Crippen LogP contribution in [-0.4, -0.2) is 57.9 Å². The lowest BCUT2D eigenvalue weighted by molar-refractivity contribution is -0.136. The van der Waals surface area contributed by atoms with E-state index in [0.29, 0.717) is 24.1 Å². The van der Waals surface area contributed by atoms with Gasteiger partial charge < -0.3 is 15.3 Å². The van der Waals surface area contributed by atoms with E-state index in [1.807, 2.05) is 0 Å². The third-order valence-corrected chi connectivity index (χ3v) is 5.42. The molecule has 0 atom stereocenters. The standard InChI is InChI=1S/C19H23N3O5/c1-21-18(27)22(17(26)19(21)9-5-2-6-10-19)12-15(23)20-14-8-4-3-7-13(14)11-16(24)25/h3-4,7-8H,2,5-6,9-12H2,1H3,(H,20,23)(H,24,25). The first-order valence-electron chi connectivity index (χ1n) is 9.04. The van der Waals surface area contributed by atoms with Gasteiger partial charge in [0, 0.05) is 12.7 Å². The number of carbonyl (C=O) groups is 4. The maximum absolute atomic E-state index is 12.9. The van der Waals surface area contributed by atoms with Crippen molar-refractivity contribution in [3.8, 4) is 0 Å². The van der Waals surface area contributed by atoms with Crippen LogP contribution in [0.2, 0.25) is 0 Å².